The van der Waals surface area contributed by atoms with Gasteiger partial charge in [-0.3, -0.25) is 24.3 Å². The molecule has 3 aliphatic heterocycles. The Hall–Kier alpha value is -5.14. The second-order valence-corrected chi connectivity index (χ2v) is 17.4. The second kappa shape index (κ2) is 19.9. The summed E-state index contributed by atoms with van der Waals surface area (Å²) in [6, 6.07) is 9.87. The Balaban J connectivity index is 0.888. The number of benzene rings is 2. The zero-order valence-corrected chi connectivity index (χ0v) is 36.0. The third-order valence-electron chi connectivity index (χ3n) is 11.3. The Morgan fingerprint density at radius 2 is 1.77 bits per heavy atom. The van der Waals surface area contributed by atoms with Crippen molar-refractivity contribution < 1.29 is 42.1 Å². The molecule has 0 spiro atoms. The van der Waals surface area contributed by atoms with Crippen LogP contribution in [0.3, 0.4) is 0 Å². The first-order valence-corrected chi connectivity index (χ1v) is 21.8. The van der Waals surface area contributed by atoms with Crippen molar-refractivity contribution in [1.82, 2.24) is 30.8 Å². The van der Waals surface area contributed by atoms with Crippen LogP contribution >= 0.6 is 11.3 Å². The summed E-state index contributed by atoms with van der Waals surface area (Å²) >= 11 is 1.37. The molecule has 18 heteroatoms. The lowest BCUT2D eigenvalue weighted by molar-refractivity contribution is -0.129. The van der Waals surface area contributed by atoms with E-state index in [9.17, 15) is 32.7 Å². The zero-order valence-electron chi connectivity index (χ0n) is 35.1. The summed E-state index contributed by atoms with van der Waals surface area (Å²) in [5, 5.41) is 21.7. The van der Waals surface area contributed by atoms with Gasteiger partial charge in [0, 0.05) is 68.2 Å². The van der Waals surface area contributed by atoms with Crippen molar-refractivity contribution in [3.8, 4) is 17.0 Å². The highest BCUT2D eigenvalue weighted by atomic mass is 32.1. The quantitative estimate of drug-likeness (QED) is 0.121. The Morgan fingerprint density at radius 3 is 2.52 bits per heavy atom. The Bertz CT molecular complexity index is 2240. The van der Waals surface area contributed by atoms with Crippen LogP contribution in [0.15, 0.2) is 47.8 Å². The molecule has 62 heavy (non-hydrogen) atoms. The number of thiazole rings is 1. The first kappa shape index (κ1) is 44.9. The fraction of sp³-hybridized carbons (Fsp3) is 0.477. The number of hydrogen-bond donors (Lipinski definition) is 4. The van der Waals surface area contributed by atoms with E-state index in [1.165, 1.54) is 29.5 Å². The maximum absolute atomic E-state index is 15.0. The molecule has 3 aliphatic rings. The molecule has 14 nitrogen and oxygen atoms in total. The maximum Gasteiger partial charge on any atom is 0.257 e. The number of carbonyl (C=O) groups excluding carboxylic acids is 3. The normalized spacial score (nSPS) is 18.7. The number of aliphatic hydroxyl groups excluding tert-OH is 1. The lowest BCUT2D eigenvalue weighted by Gasteiger charge is -2.38. The van der Waals surface area contributed by atoms with E-state index in [0.717, 1.165) is 22.3 Å². The molecular formula is C44H53F3N8O6S. The van der Waals surface area contributed by atoms with Crippen molar-refractivity contribution in [3.05, 3.63) is 87.8 Å². The number of fused-ring (bicyclic) bond motifs is 1. The highest BCUT2D eigenvalue weighted by Gasteiger charge is 2.42. The van der Waals surface area contributed by atoms with Gasteiger partial charge in [0.2, 0.25) is 17.6 Å². The highest BCUT2D eigenvalue weighted by molar-refractivity contribution is 7.14. The van der Waals surface area contributed by atoms with E-state index in [1.54, 1.807) is 22.4 Å². The van der Waals surface area contributed by atoms with Crippen LogP contribution in [0.25, 0.3) is 11.3 Å². The third kappa shape index (κ3) is 10.5. The standard InChI is InChI=1S/C44H53F3N8O6S/c1-27-21-54(22-38(58)55-26-44(2,3)41-35(55)19-29(33(23-56)51-41)18-28-6-8-30(45)9-7-28)36(20-50-27)42(59)49-13-5-4-12-48-37(57)24-61-40-31(10-11-32(46)39(40)47)34-25-62-43(52-34)53-14-16-60-17-15-53/h6-11,19,25,27,36,50,56H,4-5,12-18,20-24,26H2,1-3H3,(H,48,57)(H,49,59)/t27-,36-/m1/s1. The first-order valence-electron chi connectivity index (χ1n) is 20.9. The molecule has 4 aromatic rings. The molecule has 2 fully saturated rings. The maximum atomic E-state index is 15.0. The van der Waals surface area contributed by atoms with Gasteiger partial charge in [0.15, 0.2) is 23.3 Å². The van der Waals surface area contributed by atoms with Crippen LogP contribution in [-0.4, -0.2) is 122 Å². The average molecular weight is 879 g/mol. The number of anilines is 2. The number of halogens is 3. The van der Waals surface area contributed by atoms with Crippen molar-refractivity contribution in [3.63, 3.8) is 0 Å². The van der Waals surface area contributed by atoms with Crippen LogP contribution in [-0.2, 0) is 37.6 Å². The minimum Gasteiger partial charge on any atom is -0.480 e. The molecule has 2 atom stereocenters. The van der Waals surface area contributed by atoms with Gasteiger partial charge in [0.25, 0.3) is 5.91 Å². The first-order chi connectivity index (χ1) is 29.8. The molecule has 5 heterocycles. The van der Waals surface area contributed by atoms with Gasteiger partial charge in [-0.15, -0.1) is 11.3 Å². The Kier molecular flexibility index (Phi) is 14.4. The predicted molar refractivity (Wildman–Crippen MR) is 229 cm³/mol. The van der Waals surface area contributed by atoms with Crippen LogP contribution in [0.1, 0.15) is 56.1 Å². The third-order valence-corrected chi connectivity index (χ3v) is 12.2. The second-order valence-electron chi connectivity index (χ2n) is 16.5. The Labute approximate surface area is 362 Å². The summed E-state index contributed by atoms with van der Waals surface area (Å²) in [6.07, 6.45) is 1.47. The van der Waals surface area contributed by atoms with Gasteiger partial charge in [-0.1, -0.05) is 26.0 Å². The summed E-state index contributed by atoms with van der Waals surface area (Å²) in [5.41, 5.74) is 3.64. The minimum absolute atomic E-state index is 0.00302. The van der Waals surface area contributed by atoms with E-state index in [1.807, 2.05) is 31.7 Å². The molecule has 0 unspecified atom stereocenters. The fourth-order valence-corrected chi connectivity index (χ4v) is 8.89. The van der Waals surface area contributed by atoms with Crippen molar-refractivity contribution in [2.24, 2.45) is 0 Å². The molecule has 7 rings (SSSR count). The van der Waals surface area contributed by atoms with Crippen LogP contribution < -0.4 is 30.5 Å². The largest absolute Gasteiger partial charge is 0.480 e. The fourth-order valence-electron chi connectivity index (χ4n) is 8.01. The molecule has 2 saturated heterocycles. The molecule has 4 N–H and O–H groups in total. The van der Waals surface area contributed by atoms with Crippen LogP contribution in [0, 0.1) is 17.5 Å². The number of aliphatic hydroxyl groups is 1. The number of pyridine rings is 1. The van der Waals surface area contributed by atoms with Crippen molar-refractivity contribution >= 4 is 39.9 Å². The summed E-state index contributed by atoms with van der Waals surface area (Å²) < 4.78 is 53.7. The number of aromatic nitrogens is 2. The number of carbonyl (C=O) groups is 3. The molecule has 0 saturated carbocycles. The number of piperazine rings is 1. The van der Waals surface area contributed by atoms with Crippen LogP contribution in [0.5, 0.6) is 5.75 Å². The lowest BCUT2D eigenvalue weighted by atomic mass is 9.90. The summed E-state index contributed by atoms with van der Waals surface area (Å²) in [5.74, 6) is -3.95. The van der Waals surface area contributed by atoms with Crippen molar-refractivity contribution in [2.45, 2.75) is 64.1 Å². The van der Waals surface area contributed by atoms with Crippen molar-refractivity contribution in [1.29, 1.82) is 0 Å². The lowest BCUT2D eigenvalue weighted by Crippen LogP contribution is -2.62. The topological polar surface area (TPSA) is 161 Å². The van der Waals surface area contributed by atoms with E-state index < -0.39 is 35.6 Å². The number of hydrogen-bond acceptors (Lipinski definition) is 12. The number of ether oxygens (including phenoxy) is 2. The van der Waals surface area contributed by atoms with Gasteiger partial charge >= 0.3 is 0 Å². The van der Waals surface area contributed by atoms with Crippen molar-refractivity contribution in [2.75, 3.05) is 82.0 Å². The molecular weight excluding hydrogens is 826 g/mol. The number of nitrogens with zero attached hydrogens (tertiary/aromatic N) is 5. The van der Waals surface area contributed by atoms with Gasteiger partial charge in [-0.05, 0) is 67.6 Å². The van der Waals surface area contributed by atoms with Crippen LogP contribution in [0.4, 0.5) is 24.0 Å². The molecule has 0 radical (unpaired) electrons. The van der Waals surface area contributed by atoms with Gasteiger partial charge in [-0.25, -0.2) is 13.8 Å². The van der Waals surface area contributed by atoms with E-state index in [4.69, 9.17) is 14.5 Å². The van der Waals surface area contributed by atoms with E-state index >= 15 is 0 Å². The smallest absolute Gasteiger partial charge is 0.257 e. The molecule has 0 aliphatic carbocycles. The highest BCUT2D eigenvalue weighted by Crippen LogP contribution is 2.41. The Morgan fingerprint density at radius 1 is 1.03 bits per heavy atom. The van der Waals surface area contributed by atoms with Gasteiger partial charge in [0.1, 0.15) is 11.9 Å². The van der Waals surface area contributed by atoms with Crippen LogP contribution in [0.2, 0.25) is 0 Å². The van der Waals surface area contributed by atoms with E-state index in [2.05, 4.69) is 25.8 Å². The SMILES string of the molecule is C[C@@H]1CN(CC(=O)N2CC(C)(C)c3nc(CO)c(Cc4ccc(F)cc4)cc32)[C@@H](C(=O)NCCCCNC(=O)COc2c(-c3csc(N4CCOCC4)n3)ccc(F)c2F)CN1. The van der Waals surface area contributed by atoms with Gasteiger partial charge in [0.05, 0.1) is 49.1 Å². The summed E-state index contributed by atoms with van der Waals surface area (Å²) in [6.45, 7) is 9.49. The molecule has 2 aromatic carbocycles. The van der Waals surface area contributed by atoms with Gasteiger partial charge < -0.3 is 40.3 Å². The molecule has 332 valence electrons. The minimum atomic E-state index is -1.20. The van der Waals surface area contributed by atoms with Gasteiger partial charge in [-0.2, -0.15) is 4.39 Å². The average Bonchev–Trinajstić information content (AvgIpc) is 3.85. The number of amides is 3. The number of morpholine rings is 1. The monoisotopic (exact) mass is 878 g/mol. The molecule has 2 aromatic heterocycles. The number of rotatable bonds is 16. The molecule has 0 bridgehead atoms. The number of unbranched alkanes of at least 4 members (excludes halogenated alkanes) is 1. The predicted octanol–water partition coefficient (Wildman–Crippen LogP) is 3.92. The van der Waals surface area contributed by atoms with E-state index in [-0.39, 0.29) is 54.7 Å². The van der Waals surface area contributed by atoms with E-state index in [0.29, 0.717) is 94.5 Å². The zero-order chi connectivity index (χ0) is 44.0. The summed E-state index contributed by atoms with van der Waals surface area (Å²) in [4.78, 5) is 55.4. The molecule has 3 amide bonds. The summed E-state index contributed by atoms with van der Waals surface area (Å²) in [7, 11) is 0. The number of nitrogens with one attached hydrogen (secondary N) is 3.